The molecule has 1 N–H and O–H groups in total. The Bertz CT molecular complexity index is 1170. The molecule has 0 unspecified atom stereocenters. The van der Waals surface area contributed by atoms with Crippen LogP contribution in [0.2, 0.25) is 0 Å². The van der Waals surface area contributed by atoms with Crippen molar-refractivity contribution in [2.75, 3.05) is 5.32 Å². The van der Waals surface area contributed by atoms with E-state index in [4.69, 9.17) is 0 Å². The molecule has 2 aromatic heterocycles. The number of amides is 1. The highest BCUT2D eigenvalue weighted by Crippen LogP contribution is 2.27. The van der Waals surface area contributed by atoms with E-state index in [0.717, 1.165) is 5.56 Å². The number of ether oxygens (including phenoxy) is 1. The third-order valence-electron chi connectivity index (χ3n) is 4.44. The van der Waals surface area contributed by atoms with Gasteiger partial charge in [0.15, 0.2) is 5.82 Å². The number of rotatable bonds is 7. The van der Waals surface area contributed by atoms with E-state index in [9.17, 15) is 13.6 Å². The second-order valence-corrected chi connectivity index (χ2v) is 6.53. The molecule has 1 amide bonds. The highest BCUT2D eigenvalue weighted by atomic mass is 19.3. The monoisotopic (exact) mass is 421 g/mol. The van der Waals surface area contributed by atoms with Crippen LogP contribution in [0, 0.1) is 0 Å². The average Bonchev–Trinajstić information content (AvgIpc) is 3.31. The quantitative estimate of drug-likeness (QED) is 0.486. The maximum Gasteiger partial charge on any atom is 0.387 e. The number of aromatic nitrogens is 4. The van der Waals surface area contributed by atoms with Gasteiger partial charge < -0.3 is 10.1 Å². The number of carbonyl (C=O) groups excluding carboxylic acids is 1. The molecular formula is C22H17F2N5O2. The van der Waals surface area contributed by atoms with Crippen molar-refractivity contribution in [2.45, 2.75) is 13.0 Å². The lowest BCUT2D eigenvalue weighted by Gasteiger charge is -2.14. The lowest BCUT2D eigenvalue weighted by Crippen LogP contribution is -2.16. The first-order chi connectivity index (χ1) is 15.1. The smallest absolute Gasteiger partial charge is 0.387 e. The van der Waals surface area contributed by atoms with Gasteiger partial charge in [0.1, 0.15) is 18.4 Å². The van der Waals surface area contributed by atoms with E-state index in [2.05, 4.69) is 25.1 Å². The average molecular weight is 421 g/mol. The maximum atomic E-state index is 12.9. The van der Waals surface area contributed by atoms with Crippen LogP contribution in [0.3, 0.4) is 0 Å². The largest absolute Gasteiger partial charge is 0.435 e. The molecule has 156 valence electrons. The molecule has 31 heavy (non-hydrogen) atoms. The Hall–Kier alpha value is -4.14. The second-order valence-electron chi connectivity index (χ2n) is 6.53. The zero-order valence-electron chi connectivity index (χ0n) is 16.2. The third-order valence-corrected chi connectivity index (χ3v) is 4.44. The van der Waals surface area contributed by atoms with E-state index in [1.165, 1.54) is 29.5 Å². The third kappa shape index (κ3) is 4.89. The van der Waals surface area contributed by atoms with Crippen molar-refractivity contribution in [2.24, 2.45) is 0 Å². The predicted octanol–water partition coefficient (Wildman–Crippen LogP) is 4.11. The minimum absolute atomic E-state index is 0.0570. The number of hydrogen-bond acceptors (Lipinski definition) is 5. The number of nitrogens with zero attached hydrogens (tertiary/aromatic N) is 4. The van der Waals surface area contributed by atoms with E-state index in [1.807, 2.05) is 30.3 Å². The van der Waals surface area contributed by atoms with Crippen molar-refractivity contribution in [1.29, 1.82) is 0 Å². The van der Waals surface area contributed by atoms with E-state index >= 15 is 0 Å². The van der Waals surface area contributed by atoms with Gasteiger partial charge in [0.05, 0.1) is 5.56 Å². The molecule has 4 aromatic rings. The van der Waals surface area contributed by atoms with Crippen molar-refractivity contribution < 1.29 is 18.3 Å². The number of pyridine rings is 1. The summed E-state index contributed by atoms with van der Waals surface area (Å²) in [6.07, 6.45) is 4.69. The SMILES string of the molecule is O=C(Nc1ccc(OC(F)F)c(Cc2ccccc2)c1)c1cccnc1-n1cncn1. The molecule has 4 rings (SSSR count). The molecule has 2 heterocycles. The molecule has 0 radical (unpaired) electrons. The summed E-state index contributed by atoms with van der Waals surface area (Å²) in [6, 6.07) is 17.2. The number of benzene rings is 2. The fourth-order valence-corrected chi connectivity index (χ4v) is 3.09. The summed E-state index contributed by atoms with van der Waals surface area (Å²) in [5.74, 6) is -0.0482. The molecule has 9 heteroatoms. The van der Waals surface area contributed by atoms with Crippen LogP contribution < -0.4 is 10.1 Å². The summed E-state index contributed by atoms with van der Waals surface area (Å²) in [6.45, 7) is -2.95. The molecule has 0 saturated carbocycles. The first-order valence-electron chi connectivity index (χ1n) is 9.33. The Morgan fingerprint density at radius 1 is 1.10 bits per heavy atom. The lowest BCUT2D eigenvalue weighted by molar-refractivity contribution is -0.0503. The number of hydrogen-bond donors (Lipinski definition) is 1. The van der Waals surface area contributed by atoms with Crippen molar-refractivity contribution in [3.05, 3.63) is 96.2 Å². The summed E-state index contributed by atoms with van der Waals surface area (Å²) >= 11 is 0. The molecule has 0 aliphatic rings. The lowest BCUT2D eigenvalue weighted by atomic mass is 10.0. The van der Waals surface area contributed by atoms with Gasteiger partial charge in [-0.05, 0) is 35.9 Å². The summed E-state index contributed by atoms with van der Waals surface area (Å²) in [5.41, 5.74) is 2.16. The van der Waals surface area contributed by atoms with Gasteiger partial charge in [0.25, 0.3) is 5.91 Å². The molecular weight excluding hydrogens is 404 g/mol. The summed E-state index contributed by atoms with van der Waals surface area (Å²) < 4.78 is 31.7. The Balaban J connectivity index is 1.62. The van der Waals surface area contributed by atoms with Gasteiger partial charge in [-0.2, -0.15) is 13.9 Å². The molecule has 7 nitrogen and oxygen atoms in total. The van der Waals surface area contributed by atoms with Crippen molar-refractivity contribution in [3.8, 4) is 11.6 Å². The summed E-state index contributed by atoms with van der Waals surface area (Å²) in [7, 11) is 0. The number of carbonyl (C=O) groups is 1. The molecule has 0 aliphatic carbocycles. The van der Waals surface area contributed by atoms with Crippen LogP contribution in [0.4, 0.5) is 14.5 Å². The number of halogens is 2. The van der Waals surface area contributed by atoms with Crippen molar-refractivity contribution in [1.82, 2.24) is 19.7 Å². The first-order valence-corrected chi connectivity index (χ1v) is 9.33. The van der Waals surface area contributed by atoms with Crippen LogP contribution in [-0.2, 0) is 6.42 Å². The molecule has 0 saturated heterocycles. The van der Waals surface area contributed by atoms with Gasteiger partial charge in [-0.1, -0.05) is 30.3 Å². The van der Waals surface area contributed by atoms with Gasteiger partial charge in [0.2, 0.25) is 0 Å². The van der Waals surface area contributed by atoms with Gasteiger partial charge in [-0.15, -0.1) is 0 Å². The molecule has 0 fully saturated rings. The Kier molecular flexibility index (Phi) is 5.93. The van der Waals surface area contributed by atoms with E-state index < -0.39 is 12.5 Å². The van der Waals surface area contributed by atoms with Gasteiger partial charge in [-0.25, -0.2) is 14.6 Å². The topological polar surface area (TPSA) is 81.9 Å². The minimum Gasteiger partial charge on any atom is -0.435 e. The normalized spacial score (nSPS) is 10.8. The number of nitrogens with one attached hydrogen (secondary N) is 1. The Labute approximate surface area is 176 Å². The zero-order chi connectivity index (χ0) is 21.6. The Morgan fingerprint density at radius 2 is 1.94 bits per heavy atom. The Morgan fingerprint density at radius 3 is 2.68 bits per heavy atom. The first kappa shape index (κ1) is 20.1. The highest BCUT2D eigenvalue weighted by Gasteiger charge is 2.16. The number of alkyl halides is 2. The molecule has 0 spiro atoms. The fourth-order valence-electron chi connectivity index (χ4n) is 3.09. The summed E-state index contributed by atoms with van der Waals surface area (Å²) in [4.78, 5) is 21.0. The molecule has 2 aromatic carbocycles. The van der Waals surface area contributed by atoms with Crippen molar-refractivity contribution in [3.63, 3.8) is 0 Å². The minimum atomic E-state index is -2.95. The predicted molar refractivity (Wildman–Crippen MR) is 109 cm³/mol. The molecule has 0 aliphatic heterocycles. The van der Waals surface area contributed by atoms with Crippen LogP contribution in [0.5, 0.6) is 5.75 Å². The van der Waals surface area contributed by atoms with Crippen LogP contribution in [0.1, 0.15) is 21.5 Å². The molecule has 0 atom stereocenters. The van der Waals surface area contributed by atoms with E-state index in [0.29, 0.717) is 23.5 Å². The fraction of sp³-hybridized carbons (Fsp3) is 0.0909. The summed E-state index contributed by atoms with van der Waals surface area (Å²) in [5, 5.41) is 6.80. The van der Waals surface area contributed by atoms with Crippen LogP contribution >= 0.6 is 0 Å². The van der Waals surface area contributed by atoms with Crippen LogP contribution in [0.25, 0.3) is 5.82 Å². The number of anilines is 1. The standard InChI is InChI=1S/C22H17F2N5O2/c23-22(24)31-19-9-8-17(12-16(19)11-15-5-2-1-3-6-15)28-21(30)18-7-4-10-26-20(18)29-14-25-13-27-29/h1-10,12-14,22H,11H2,(H,28,30). The van der Waals surface area contributed by atoms with Crippen LogP contribution in [0.15, 0.2) is 79.5 Å². The van der Waals surface area contributed by atoms with Gasteiger partial charge in [0, 0.05) is 23.9 Å². The molecule has 0 bridgehead atoms. The maximum absolute atomic E-state index is 12.9. The van der Waals surface area contributed by atoms with Gasteiger partial charge >= 0.3 is 6.61 Å². The van der Waals surface area contributed by atoms with Crippen molar-refractivity contribution >= 4 is 11.6 Å². The van der Waals surface area contributed by atoms with Crippen LogP contribution in [-0.4, -0.2) is 32.3 Å². The second kappa shape index (κ2) is 9.12. The zero-order valence-corrected chi connectivity index (χ0v) is 16.2. The van der Waals surface area contributed by atoms with E-state index in [1.54, 1.807) is 24.4 Å². The van der Waals surface area contributed by atoms with Gasteiger partial charge in [-0.3, -0.25) is 4.79 Å². The van der Waals surface area contributed by atoms with E-state index in [-0.39, 0.29) is 11.3 Å². The highest BCUT2D eigenvalue weighted by molar-refractivity contribution is 6.06.